The van der Waals surface area contributed by atoms with Gasteiger partial charge in [-0.25, -0.2) is 4.99 Å². The summed E-state index contributed by atoms with van der Waals surface area (Å²) < 4.78 is 13.0. The summed E-state index contributed by atoms with van der Waals surface area (Å²) in [6.07, 6.45) is 1.84. The summed E-state index contributed by atoms with van der Waals surface area (Å²) in [7, 11) is 1.60. The zero-order valence-electron chi connectivity index (χ0n) is 21.3. The van der Waals surface area contributed by atoms with E-state index in [1.165, 1.54) is 11.3 Å². The van der Waals surface area contributed by atoms with Crippen LogP contribution in [0.4, 0.5) is 5.69 Å². The maximum absolute atomic E-state index is 13.8. The van der Waals surface area contributed by atoms with Gasteiger partial charge in [-0.1, -0.05) is 53.8 Å². The van der Waals surface area contributed by atoms with E-state index in [1.54, 1.807) is 18.6 Å². The minimum absolute atomic E-state index is 0.207. The van der Waals surface area contributed by atoms with Gasteiger partial charge in [0.2, 0.25) is 0 Å². The van der Waals surface area contributed by atoms with Gasteiger partial charge in [-0.05, 0) is 67.4 Å². The first-order chi connectivity index (χ1) is 18.5. The maximum atomic E-state index is 13.8. The molecule has 0 bridgehead atoms. The van der Waals surface area contributed by atoms with Crippen LogP contribution in [0.2, 0.25) is 0 Å². The van der Waals surface area contributed by atoms with E-state index in [0.717, 1.165) is 16.9 Å². The topological polar surface area (TPSA) is 81.9 Å². The van der Waals surface area contributed by atoms with Crippen LogP contribution in [-0.4, -0.2) is 24.2 Å². The third-order valence-electron chi connectivity index (χ3n) is 6.22. The zero-order chi connectivity index (χ0) is 26.6. The second kappa shape index (κ2) is 10.9. The normalized spacial score (nSPS) is 15.0. The number of allylic oxidation sites excluding steroid dienone is 1. The van der Waals surface area contributed by atoms with E-state index in [2.05, 4.69) is 5.32 Å². The fraction of sp³-hybridized carbons (Fsp3) is 0.167. The average molecular weight is 526 g/mol. The summed E-state index contributed by atoms with van der Waals surface area (Å²) in [5, 5.41) is 2.96. The molecule has 1 aliphatic rings. The van der Waals surface area contributed by atoms with Crippen LogP contribution in [0.25, 0.3) is 6.08 Å². The van der Waals surface area contributed by atoms with Crippen LogP contribution in [-0.2, 0) is 4.79 Å². The van der Waals surface area contributed by atoms with Crippen molar-refractivity contribution in [2.45, 2.75) is 19.9 Å². The molecule has 5 rings (SSSR count). The van der Waals surface area contributed by atoms with Gasteiger partial charge in [-0.2, -0.15) is 0 Å². The number of rotatable bonds is 7. The molecule has 1 aliphatic heterocycles. The van der Waals surface area contributed by atoms with Crippen LogP contribution in [0.1, 0.15) is 31.0 Å². The SMILES string of the molecule is CCOc1ccc(/C=c2\sc3n(c2=O)[C@@H](c2ccc(OC)cc2)C(C(=O)Nc2ccccc2)=C(C)N=3)cc1. The van der Waals surface area contributed by atoms with Gasteiger partial charge in [0.15, 0.2) is 4.80 Å². The number of amides is 1. The average Bonchev–Trinajstić information content (AvgIpc) is 3.23. The van der Waals surface area contributed by atoms with Crippen LogP contribution < -0.4 is 29.7 Å². The molecule has 1 amide bonds. The smallest absolute Gasteiger partial charge is 0.271 e. The Balaban J connectivity index is 1.63. The van der Waals surface area contributed by atoms with Gasteiger partial charge in [0, 0.05) is 5.69 Å². The van der Waals surface area contributed by atoms with E-state index in [0.29, 0.717) is 38.6 Å². The Morgan fingerprint density at radius 1 is 1.03 bits per heavy atom. The van der Waals surface area contributed by atoms with E-state index in [-0.39, 0.29) is 11.5 Å². The molecular formula is C30H27N3O4S. The molecule has 0 fully saturated rings. The van der Waals surface area contributed by atoms with Gasteiger partial charge in [0.1, 0.15) is 11.5 Å². The first kappa shape index (κ1) is 25.2. The van der Waals surface area contributed by atoms with E-state index < -0.39 is 6.04 Å². The van der Waals surface area contributed by atoms with Crippen molar-refractivity contribution in [3.8, 4) is 11.5 Å². The Bertz CT molecular complexity index is 1670. The summed E-state index contributed by atoms with van der Waals surface area (Å²) >= 11 is 1.31. The molecular weight excluding hydrogens is 498 g/mol. The summed E-state index contributed by atoms with van der Waals surface area (Å²) in [4.78, 5) is 32.6. The second-order valence-corrected chi connectivity index (χ2v) is 9.69. The number of hydrogen-bond donors (Lipinski definition) is 1. The second-order valence-electron chi connectivity index (χ2n) is 8.68. The van der Waals surface area contributed by atoms with Gasteiger partial charge in [0.05, 0.1) is 35.6 Å². The molecule has 0 unspecified atom stereocenters. The molecule has 7 nitrogen and oxygen atoms in total. The zero-order valence-corrected chi connectivity index (χ0v) is 22.1. The summed E-state index contributed by atoms with van der Waals surface area (Å²) in [5.74, 6) is 1.15. The number of nitrogens with one attached hydrogen (secondary N) is 1. The largest absolute Gasteiger partial charge is 0.497 e. The number of hydrogen-bond acceptors (Lipinski definition) is 6. The van der Waals surface area contributed by atoms with Crippen LogP contribution in [0.5, 0.6) is 11.5 Å². The first-order valence-electron chi connectivity index (χ1n) is 12.2. The van der Waals surface area contributed by atoms with Crippen LogP contribution in [0.15, 0.2) is 99.9 Å². The van der Waals surface area contributed by atoms with Gasteiger partial charge in [-0.3, -0.25) is 14.2 Å². The number of nitrogens with zero attached hydrogens (tertiary/aromatic N) is 2. The maximum Gasteiger partial charge on any atom is 0.271 e. The van der Waals surface area contributed by atoms with Crippen molar-refractivity contribution < 1.29 is 14.3 Å². The highest BCUT2D eigenvalue weighted by Crippen LogP contribution is 2.31. The van der Waals surface area contributed by atoms with Gasteiger partial charge in [0.25, 0.3) is 11.5 Å². The van der Waals surface area contributed by atoms with Crippen LogP contribution >= 0.6 is 11.3 Å². The summed E-state index contributed by atoms with van der Waals surface area (Å²) in [6, 6.07) is 23.6. The molecule has 8 heteroatoms. The number of thiazole rings is 1. The number of carbonyl (C=O) groups excluding carboxylic acids is 1. The number of ether oxygens (including phenoxy) is 2. The number of benzene rings is 3. The fourth-order valence-corrected chi connectivity index (χ4v) is 5.46. The van der Waals surface area contributed by atoms with E-state index in [9.17, 15) is 9.59 Å². The Morgan fingerprint density at radius 2 is 1.71 bits per heavy atom. The molecule has 1 aromatic heterocycles. The molecule has 0 saturated heterocycles. The molecule has 192 valence electrons. The van der Waals surface area contributed by atoms with Crippen molar-refractivity contribution in [3.63, 3.8) is 0 Å². The Morgan fingerprint density at radius 3 is 2.37 bits per heavy atom. The Labute approximate surface area is 224 Å². The minimum Gasteiger partial charge on any atom is -0.497 e. The van der Waals surface area contributed by atoms with Crippen molar-refractivity contribution in [1.29, 1.82) is 0 Å². The molecule has 38 heavy (non-hydrogen) atoms. The minimum atomic E-state index is -0.650. The Hall–Kier alpha value is -4.43. The van der Waals surface area contributed by atoms with Crippen LogP contribution in [0, 0.1) is 0 Å². The molecule has 3 aromatic carbocycles. The van der Waals surface area contributed by atoms with E-state index in [1.807, 2.05) is 91.9 Å². The third kappa shape index (κ3) is 5.03. The number of methoxy groups -OCH3 is 1. The van der Waals surface area contributed by atoms with Gasteiger partial charge >= 0.3 is 0 Å². The number of para-hydroxylation sites is 1. The highest BCUT2D eigenvalue weighted by atomic mass is 32.1. The fourth-order valence-electron chi connectivity index (χ4n) is 4.41. The van der Waals surface area contributed by atoms with Gasteiger partial charge < -0.3 is 14.8 Å². The number of aromatic nitrogens is 1. The summed E-state index contributed by atoms with van der Waals surface area (Å²) in [6.45, 7) is 4.33. The number of anilines is 1. The lowest BCUT2D eigenvalue weighted by atomic mass is 9.95. The highest BCUT2D eigenvalue weighted by Gasteiger charge is 2.32. The highest BCUT2D eigenvalue weighted by molar-refractivity contribution is 7.07. The Kier molecular flexibility index (Phi) is 7.24. The molecule has 0 aliphatic carbocycles. The van der Waals surface area contributed by atoms with Crippen molar-refractivity contribution >= 4 is 29.0 Å². The number of fused-ring (bicyclic) bond motifs is 1. The quantitative estimate of drug-likeness (QED) is 0.391. The molecule has 4 aromatic rings. The standard InChI is InChI=1S/C30H27N3O4S/c1-4-37-24-14-10-20(11-15-24)18-25-29(35)33-27(21-12-16-23(36-3)17-13-21)26(19(2)31-30(33)38-25)28(34)32-22-8-6-5-7-9-22/h5-18,27H,4H2,1-3H3,(H,32,34)/b25-18-/t27-/m0/s1. The van der Waals surface area contributed by atoms with Crippen molar-refractivity contribution in [1.82, 2.24) is 4.57 Å². The molecule has 0 saturated carbocycles. The van der Waals surface area contributed by atoms with Crippen molar-refractivity contribution in [2.24, 2.45) is 4.99 Å². The van der Waals surface area contributed by atoms with E-state index in [4.69, 9.17) is 14.5 Å². The molecule has 1 N–H and O–H groups in total. The lowest BCUT2D eigenvalue weighted by molar-refractivity contribution is -0.113. The predicted molar refractivity (Wildman–Crippen MR) is 149 cm³/mol. The number of carbonyl (C=O) groups is 1. The van der Waals surface area contributed by atoms with Crippen LogP contribution in [0.3, 0.4) is 0 Å². The monoisotopic (exact) mass is 525 g/mol. The molecule has 0 spiro atoms. The predicted octanol–water partition coefficient (Wildman–Crippen LogP) is 4.28. The van der Waals surface area contributed by atoms with Gasteiger partial charge in [-0.15, -0.1) is 0 Å². The molecule has 0 radical (unpaired) electrons. The molecule has 1 atom stereocenters. The van der Waals surface area contributed by atoms with Crippen molar-refractivity contribution in [3.05, 3.63) is 121 Å². The lowest BCUT2D eigenvalue weighted by Crippen LogP contribution is -2.40. The van der Waals surface area contributed by atoms with E-state index >= 15 is 0 Å². The lowest BCUT2D eigenvalue weighted by Gasteiger charge is -2.25. The van der Waals surface area contributed by atoms with Crippen molar-refractivity contribution in [2.75, 3.05) is 19.0 Å². The summed E-state index contributed by atoms with van der Waals surface area (Å²) in [5.41, 5.74) is 3.09. The third-order valence-corrected chi connectivity index (χ3v) is 7.20. The molecule has 2 heterocycles. The first-order valence-corrected chi connectivity index (χ1v) is 13.1.